The first-order chi connectivity index (χ1) is 6.24. The highest BCUT2D eigenvalue weighted by Crippen LogP contribution is 2.25. The fourth-order valence-electron chi connectivity index (χ4n) is 1.49. The van der Waals surface area contributed by atoms with Gasteiger partial charge in [0.25, 0.3) is 0 Å². The van der Waals surface area contributed by atoms with Crippen LogP contribution in [0.3, 0.4) is 0 Å². The third-order valence-electron chi connectivity index (χ3n) is 2.51. The molecular weight excluding hydrogens is 166 g/mol. The summed E-state index contributed by atoms with van der Waals surface area (Å²) in [5.74, 6) is 0. The molecule has 1 aliphatic heterocycles. The first kappa shape index (κ1) is 8.69. The fourth-order valence-corrected chi connectivity index (χ4v) is 1.49. The molecule has 1 heterocycles. The van der Waals surface area contributed by atoms with Crippen molar-refractivity contribution < 1.29 is 10.2 Å². The van der Waals surface area contributed by atoms with Gasteiger partial charge in [-0.25, -0.2) is 0 Å². The average molecular weight is 179 g/mol. The number of benzene rings is 1. The molecule has 3 nitrogen and oxygen atoms in total. The molecule has 13 heavy (non-hydrogen) atoms. The molecule has 0 aliphatic carbocycles. The predicted molar refractivity (Wildman–Crippen MR) is 49.1 cm³/mol. The maximum Gasteiger partial charge on any atom is 0.114 e. The van der Waals surface area contributed by atoms with Crippen LogP contribution in [0.5, 0.6) is 0 Å². The minimum atomic E-state index is -0.687. The normalized spacial score (nSPS) is 19.5. The van der Waals surface area contributed by atoms with Crippen LogP contribution in [0.1, 0.15) is 11.1 Å². The van der Waals surface area contributed by atoms with Gasteiger partial charge >= 0.3 is 0 Å². The maximum atomic E-state index is 9.92. The largest absolute Gasteiger partial charge is 0.392 e. The SMILES string of the molecule is OCc1ccc(C2(O)CNC2)cc1. The van der Waals surface area contributed by atoms with E-state index >= 15 is 0 Å². The molecule has 0 bridgehead atoms. The summed E-state index contributed by atoms with van der Waals surface area (Å²) in [6, 6.07) is 7.41. The highest BCUT2D eigenvalue weighted by Gasteiger charge is 2.35. The number of hydrogen-bond donors (Lipinski definition) is 3. The molecule has 0 radical (unpaired) electrons. The molecule has 2 rings (SSSR count). The van der Waals surface area contributed by atoms with Gasteiger partial charge in [-0.2, -0.15) is 0 Å². The molecule has 0 amide bonds. The molecule has 70 valence electrons. The number of rotatable bonds is 2. The van der Waals surface area contributed by atoms with Crippen molar-refractivity contribution in [2.24, 2.45) is 0 Å². The molecule has 0 aromatic heterocycles. The molecule has 1 aliphatic rings. The highest BCUT2D eigenvalue weighted by atomic mass is 16.3. The summed E-state index contributed by atoms with van der Waals surface area (Å²) in [6.07, 6.45) is 0. The summed E-state index contributed by atoms with van der Waals surface area (Å²) >= 11 is 0. The molecule has 0 saturated carbocycles. The van der Waals surface area contributed by atoms with E-state index < -0.39 is 5.60 Å². The zero-order valence-corrected chi connectivity index (χ0v) is 7.33. The van der Waals surface area contributed by atoms with Crippen molar-refractivity contribution in [1.29, 1.82) is 0 Å². The number of aliphatic hydroxyl groups is 2. The number of β-amino-alcohol motifs (C(OH)–C–C–N with tert-alkyl or cyclic N) is 1. The Kier molecular flexibility index (Phi) is 2.07. The van der Waals surface area contributed by atoms with E-state index in [4.69, 9.17) is 5.11 Å². The zero-order chi connectivity index (χ0) is 9.31. The van der Waals surface area contributed by atoms with Crippen LogP contribution in [0.2, 0.25) is 0 Å². The molecule has 1 fully saturated rings. The summed E-state index contributed by atoms with van der Waals surface area (Å²) in [6.45, 7) is 1.29. The minimum absolute atomic E-state index is 0.0525. The van der Waals surface area contributed by atoms with Gasteiger partial charge in [0, 0.05) is 13.1 Å². The van der Waals surface area contributed by atoms with E-state index in [0.29, 0.717) is 13.1 Å². The lowest BCUT2D eigenvalue weighted by Crippen LogP contribution is -2.56. The molecule has 3 heteroatoms. The van der Waals surface area contributed by atoms with E-state index in [0.717, 1.165) is 11.1 Å². The van der Waals surface area contributed by atoms with E-state index in [1.165, 1.54) is 0 Å². The van der Waals surface area contributed by atoms with E-state index in [9.17, 15) is 5.11 Å². The molecule has 0 spiro atoms. The van der Waals surface area contributed by atoms with Crippen LogP contribution < -0.4 is 5.32 Å². The lowest BCUT2D eigenvalue weighted by Gasteiger charge is -2.38. The van der Waals surface area contributed by atoms with Gasteiger partial charge in [-0.1, -0.05) is 24.3 Å². The summed E-state index contributed by atoms with van der Waals surface area (Å²) in [4.78, 5) is 0. The van der Waals surface area contributed by atoms with Crippen LogP contribution >= 0.6 is 0 Å². The molecule has 1 aromatic rings. The Bertz CT molecular complexity index is 290. The molecule has 1 saturated heterocycles. The van der Waals surface area contributed by atoms with Crippen LogP contribution in [0, 0.1) is 0 Å². The minimum Gasteiger partial charge on any atom is -0.392 e. The Morgan fingerprint density at radius 1 is 1.23 bits per heavy atom. The van der Waals surface area contributed by atoms with Crippen LogP contribution in [0.4, 0.5) is 0 Å². The van der Waals surface area contributed by atoms with Crippen LogP contribution in [0.25, 0.3) is 0 Å². The maximum absolute atomic E-state index is 9.92. The van der Waals surface area contributed by atoms with Crippen molar-refractivity contribution in [3.05, 3.63) is 35.4 Å². The summed E-state index contributed by atoms with van der Waals surface area (Å²) in [5.41, 5.74) is 1.11. The monoisotopic (exact) mass is 179 g/mol. The summed E-state index contributed by atoms with van der Waals surface area (Å²) < 4.78 is 0. The Balaban J connectivity index is 2.22. The van der Waals surface area contributed by atoms with Gasteiger partial charge < -0.3 is 15.5 Å². The van der Waals surface area contributed by atoms with E-state index in [2.05, 4.69) is 5.32 Å². The Hall–Kier alpha value is -0.900. The third kappa shape index (κ3) is 1.46. The summed E-state index contributed by atoms with van der Waals surface area (Å²) in [7, 11) is 0. The van der Waals surface area contributed by atoms with Crippen LogP contribution in [-0.4, -0.2) is 23.3 Å². The second-order valence-corrected chi connectivity index (χ2v) is 3.49. The number of aliphatic hydroxyl groups excluding tert-OH is 1. The molecular formula is C10H13NO2. The highest BCUT2D eigenvalue weighted by molar-refractivity contribution is 5.29. The molecule has 0 atom stereocenters. The topological polar surface area (TPSA) is 52.5 Å². The van der Waals surface area contributed by atoms with Gasteiger partial charge in [-0.3, -0.25) is 0 Å². The lowest BCUT2D eigenvalue weighted by atomic mass is 9.88. The van der Waals surface area contributed by atoms with E-state index in [-0.39, 0.29) is 6.61 Å². The number of hydrogen-bond acceptors (Lipinski definition) is 3. The second kappa shape index (κ2) is 3.10. The predicted octanol–water partition coefficient (Wildman–Crippen LogP) is -0.0303. The van der Waals surface area contributed by atoms with Gasteiger partial charge in [-0.05, 0) is 11.1 Å². The van der Waals surface area contributed by atoms with Crippen molar-refractivity contribution in [3.8, 4) is 0 Å². The van der Waals surface area contributed by atoms with Crippen LogP contribution in [-0.2, 0) is 12.2 Å². The van der Waals surface area contributed by atoms with Gasteiger partial charge in [0.2, 0.25) is 0 Å². The van der Waals surface area contributed by atoms with Crippen LogP contribution in [0.15, 0.2) is 24.3 Å². The quantitative estimate of drug-likeness (QED) is 0.597. The van der Waals surface area contributed by atoms with Gasteiger partial charge in [0.05, 0.1) is 6.61 Å². The first-order valence-corrected chi connectivity index (χ1v) is 4.38. The van der Waals surface area contributed by atoms with Crippen molar-refractivity contribution in [2.45, 2.75) is 12.2 Å². The molecule has 0 unspecified atom stereocenters. The lowest BCUT2D eigenvalue weighted by molar-refractivity contribution is -0.0146. The Labute approximate surface area is 77.0 Å². The van der Waals surface area contributed by atoms with Gasteiger partial charge in [0.1, 0.15) is 5.60 Å². The summed E-state index contributed by atoms with van der Waals surface area (Å²) in [5, 5.41) is 21.8. The van der Waals surface area contributed by atoms with Crippen molar-refractivity contribution in [2.75, 3.05) is 13.1 Å². The first-order valence-electron chi connectivity index (χ1n) is 4.38. The van der Waals surface area contributed by atoms with Crippen molar-refractivity contribution >= 4 is 0 Å². The standard InChI is InChI=1S/C10H13NO2/c12-5-8-1-3-9(4-2-8)10(13)6-11-7-10/h1-4,11-13H,5-7H2. The van der Waals surface area contributed by atoms with Gasteiger partial charge in [-0.15, -0.1) is 0 Å². The number of nitrogens with one attached hydrogen (secondary N) is 1. The molecule has 1 aromatic carbocycles. The third-order valence-corrected chi connectivity index (χ3v) is 2.51. The van der Waals surface area contributed by atoms with Crippen molar-refractivity contribution in [1.82, 2.24) is 5.32 Å². The Morgan fingerprint density at radius 2 is 1.85 bits per heavy atom. The van der Waals surface area contributed by atoms with Crippen molar-refractivity contribution in [3.63, 3.8) is 0 Å². The zero-order valence-electron chi connectivity index (χ0n) is 7.33. The fraction of sp³-hybridized carbons (Fsp3) is 0.400. The molecule has 3 N–H and O–H groups in total. The smallest absolute Gasteiger partial charge is 0.114 e. The Morgan fingerprint density at radius 3 is 2.23 bits per heavy atom. The second-order valence-electron chi connectivity index (χ2n) is 3.49. The van der Waals surface area contributed by atoms with E-state index in [1.54, 1.807) is 0 Å². The van der Waals surface area contributed by atoms with E-state index in [1.807, 2.05) is 24.3 Å². The van der Waals surface area contributed by atoms with Gasteiger partial charge in [0.15, 0.2) is 0 Å². The average Bonchev–Trinajstić information content (AvgIpc) is 2.14.